The summed E-state index contributed by atoms with van der Waals surface area (Å²) in [6, 6.07) is 0. The van der Waals surface area contributed by atoms with E-state index in [2.05, 4.69) is 29.7 Å². The molecule has 1 heterocycles. The zero-order valence-electron chi connectivity index (χ0n) is 5.08. The molecule has 0 fully saturated rings. The predicted molar refractivity (Wildman–Crippen MR) is 42.1 cm³/mol. The van der Waals surface area contributed by atoms with Crippen LogP contribution in [0.3, 0.4) is 0 Å². The third-order valence-corrected chi connectivity index (χ3v) is 2.67. The van der Waals surface area contributed by atoms with Gasteiger partial charge in [0.2, 0.25) is 0 Å². The second-order valence-corrected chi connectivity index (χ2v) is 3.27. The van der Waals surface area contributed by atoms with Crippen molar-refractivity contribution in [3.63, 3.8) is 0 Å². The second-order valence-electron chi connectivity index (χ2n) is 2.29. The standard InChI is InChI=1S/C8H8S/c1-2-4-8-7(3-1)5-6-9-8/h1-2,4-7H,3H2. The Bertz CT molecular complexity index is 199. The molecule has 1 heteroatoms. The van der Waals surface area contributed by atoms with Gasteiger partial charge in [0, 0.05) is 5.92 Å². The van der Waals surface area contributed by atoms with E-state index in [1.54, 1.807) is 0 Å². The third-order valence-electron chi connectivity index (χ3n) is 1.67. The smallest absolute Gasteiger partial charge is 0.0124 e. The van der Waals surface area contributed by atoms with Crippen LogP contribution in [0.1, 0.15) is 6.42 Å². The molecule has 0 aromatic rings. The minimum absolute atomic E-state index is 0.722. The molecule has 0 aromatic heterocycles. The molecule has 2 rings (SSSR count). The van der Waals surface area contributed by atoms with E-state index in [-0.39, 0.29) is 0 Å². The van der Waals surface area contributed by atoms with Crippen molar-refractivity contribution in [2.45, 2.75) is 6.42 Å². The maximum absolute atomic E-state index is 2.28. The summed E-state index contributed by atoms with van der Waals surface area (Å²) in [6.07, 6.45) is 10.1. The Hall–Kier alpha value is -0.430. The summed E-state index contributed by atoms with van der Waals surface area (Å²) in [5.74, 6) is 0.722. The van der Waals surface area contributed by atoms with Gasteiger partial charge in [0.05, 0.1) is 0 Å². The van der Waals surface area contributed by atoms with Crippen molar-refractivity contribution in [1.29, 1.82) is 0 Å². The molecule has 46 valence electrons. The Morgan fingerprint density at radius 3 is 3.44 bits per heavy atom. The van der Waals surface area contributed by atoms with Crippen LogP contribution in [0.2, 0.25) is 0 Å². The molecule has 1 unspecified atom stereocenters. The van der Waals surface area contributed by atoms with Crippen LogP contribution in [0.5, 0.6) is 0 Å². The summed E-state index contributed by atoms with van der Waals surface area (Å²) in [6.45, 7) is 0. The molecular weight excluding hydrogens is 128 g/mol. The first-order valence-electron chi connectivity index (χ1n) is 3.17. The molecule has 1 aliphatic carbocycles. The molecule has 9 heavy (non-hydrogen) atoms. The molecule has 0 N–H and O–H groups in total. The van der Waals surface area contributed by atoms with Gasteiger partial charge in [-0.15, -0.1) is 11.8 Å². The van der Waals surface area contributed by atoms with Gasteiger partial charge in [0.1, 0.15) is 0 Å². The summed E-state index contributed by atoms with van der Waals surface area (Å²) in [5, 5.41) is 2.18. The number of thioether (sulfide) groups is 1. The normalized spacial score (nSPS) is 30.2. The molecule has 0 bridgehead atoms. The SMILES string of the molecule is C1=CCC2C=CSC2=C1. The number of allylic oxidation sites excluding steroid dienone is 5. The highest BCUT2D eigenvalue weighted by molar-refractivity contribution is 8.06. The first-order chi connectivity index (χ1) is 4.47. The van der Waals surface area contributed by atoms with Crippen molar-refractivity contribution < 1.29 is 0 Å². The van der Waals surface area contributed by atoms with Crippen molar-refractivity contribution in [3.8, 4) is 0 Å². The van der Waals surface area contributed by atoms with Crippen molar-refractivity contribution in [1.82, 2.24) is 0 Å². The fourth-order valence-electron chi connectivity index (χ4n) is 1.14. The number of hydrogen-bond donors (Lipinski definition) is 0. The first kappa shape index (κ1) is 5.36. The predicted octanol–water partition coefficient (Wildman–Crippen LogP) is 2.71. The maximum atomic E-state index is 2.28. The van der Waals surface area contributed by atoms with E-state index >= 15 is 0 Å². The van der Waals surface area contributed by atoms with Gasteiger partial charge in [-0.2, -0.15) is 0 Å². The molecular formula is C8H8S. The van der Waals surface area contributed by atoms with Crippen LogP contribution in [0.15, 0.2) is 34.6 Å². The Balaban J connectivity index is 2.29. The number of fused-ring (bicyclic) bond motifs is 1. The van der Waals surface area contributed by atoms with Gasteiger partial charge in [-0.25, -0.2) is 0 Å². The maximum Gasteiger partial charge on any atom is 0.0124 e. The van der Waals surface area contributed by atoms with Crippen LogP contribution in [-0.4, -0.2) is 0 Å². The molecule has 0 radical (unpaired) electrons. The van der Waals surface area contributed by atoms with Gasteiger partial charge < -0.3 is 0 Å². The lowest BCUT2D eigenvalue weighted by Crippen LogP contribution is -1.94. The largest absolute Gasteiger partial charge is 0.102 e. The van der Waals surface area contributed by atoms with E-state index in [1.165, 1.54) is 11.3 Å². The summed E-state index contributed by atoms with van der Waals surface area (Å²) in [5.41, 5.74) is 0. The second kappa shape index (κ2) is 2.07. The van der Waals surface area contributed by atoms with E-state index in [1.807, 2.05) is 11.8 Å². The molecule has 0 nitrogen and oxygen atoms in total. The quantitative estimate of drug-likeness (QED) is 0.493. The molecule has 0 saturated carbocycles. The average molecular weight is 136 g/mol. The lowest BCUT2D eigenvalue weighted by atomic mass is 10.0. The summed E-state index contributed by atoms with van der Waals surface area (Å²) >= 11 is 1.86. The van der Waals surface area contributed by atoms with E-state index in [0.29, 0.717) is 0 Å². The lowest BCUT2D eigenvalue weighted by molar-refractivity contribution is 0.817. The lowest BCUT2D eigenvalue weighted by Gasteiger charge is -2.09. The Morgan fingerprint density at radius 1 is 1.56 bits per heavy atom. The highest BCUT2D eigenvalue weighted by Gasteiger charge is 2.15. The monoisotopic (exact) mass is 136 g/mol. The van der Waals surface area contributed by atoms with Gasteiger partial charge in [0.15, 0.2) is 0 Å². The summed E-state index contributed by atoms with van der Waals surface area (Å²) in [4.78, 5) is 1.51. The van der Waals surface area contributed by atoms with E-state index in [9.17, 15) is 0 Å². The molecule has 0 saturated heterocycles. The molecule has 1 atom stereocenters. The highest BCUT2D eigenvalue weighted by atomic mass is 32.2. The molecule has 0 aromatic carbocycles. The highest BCUT2D eigenvalue weighted by Crippen LogP contribution is 2.37. The van der Waals surface area contributed by atoms with Gasteiger partial charge in [-0.1, -0.05) is 24.3 Å². The van der Waals surface area contributed by atoms with Gasteiger partial charge >= 0.3 is 0 Å². The minimum Gasteiger partial charge on any atom is -0.102 e. The molecule has 1 aliphatic heterocycles. The van der Waals surface area contributed by atoms with Crippen LogP contribution in [0, 0.1) is 5.92 Å². The topological polar surface area (TPSA) is 0 Å². The number of rotatable bonds is 0. The van der Waals surface area contributed by atoms with Crippen molar-refractivity contribution >= 4 is 11.8 Å². The van der Waals surface area contributed by atoms with Gasteiger partial charge in [0.25, 0.3) is 0 Å². The fraction of sp³-hybridized carbons (Fsp3) is 0.250. The first-order valence-corrected chi connectivity index (χ1v) is 4.05. The van der Waals surface area contributed by atoms with E-state index < -0.39 is 0 Å². The minimum atomic E-state index is 0.722. The van der Waals surface area contributed by atoms with Crippen molar-refractivity contribution in [2.75, 3.05) is 0 Å². The molecule has 2 aliphatic rings. The summed E-state index contributed by atoms with van der Waals surface area (Å²) in [7, 11) is 0. The Labute approximate surface area is 59.3 Å². The molecule has 0 spiro atoms. The summed E-state index contributed by atoms with van der Waals surface area (Å²) < 4.78 is 0. The van der Waals surface area contributed by atoms with Crippen LogP contribution < -0.4 is 0 Å². The van der Waals surface area contributed by atoms with Crippen LogP contribution in [-0.2, 0) is 0 Å². The van der Waals surface area contributed by atoms with E-state index in [4.69, 9.17) is 0 Å². The van der Waals surface area contributed by atoms with Crippen molar-refractivity contribution in [3.05, 3.63) is 34.6 Å². The van der Waals surface area contributed by atoms with Crippen LogP contribution in [0.4, 0.5) is 0 Å². The molecule has 0 amide bonds. The fourth-order valence-corrected chi connectivity index (χ4v) is 2.07. The van der Waals surface area contributed by atoms with Crippen LogP contribution in [0.25, 0.3) is 0 Å². The Kier molecular flexibility index (Phi) is 1.23. The third kappa shape index (κ3) is 0.855. The van der Waals surface area contributed by atoms with Crippen molar-refractivity contribution in [2.24, 2.45) is 5.92 Å². The zero-order valence-corrected chi connectivity index (χ0v) is 5.90. The van der Waals surface area contributed by atoms with Gasteiger partial charge in [-0.3, -0.25) is 0 Å². The number of hydrogen-bond acceptors (Lipinski definition) is 1. The Morgan fingerprint density at radius 2 is 2.56 bits per heavy atom. The average Bonchev–Trinajstić information content (AvgIpc) is 2.33. The van der Waals surface area contributed by atoms with E-state index in [0.717, 1.165) is 5.92 Å². The zero-order chi connectivity index (χ0) is 6.10. The van der Waals surface area contributed by atoms with Crippen LogP contribution >= 0.6 is 11.8 Å². The van der Waals surface area contributed by atoms with Gasteiger partial charge in [-0.05, 0) is 16.7 Å².